The molecule has 4 heteroatoms. The Morgan fingerprint density at radius 1 is 1.11 bits per heavy atom. The number of amides is 1. The number of hydrogen-bond acceptors (Lipinski definition) is 3. The van der Waals surface area contributed by atoms with E-state index in [4.69, 9.17) is 2.74 Å². The molecule has 3 unspecified atom stereocenters. The molecule has 2 aromatic rings. The third-order valence-corrected chi connectivity index (χ3v) is 5.19. The van der Waals surface area contributed by atoms with E-state index in [2.05, 4.69) is 18.0 Å². The van der Waals surface area contributed by atoms with Crippen LogP contribution in [-0.2, 0) is 22.4 Å². The summed E-state index contributed by atoms with van der Waals surface area (Å²) in [5, 5.41) is 0. The molecule has 1 aliphatic heterocycles. The van der Waals surface area contributed by atoms with Crippen LogP contribution in [0.2, 0.25) is 0 Å². The summed E-state index contributed by atoms with van der Waals surface area (Å²) < 4.78 is 16.2. The van der Waals surface area contributed by atoms with Gasteiger partial charge < -0.3 is 4.90 Å². The lowest BCUT2D eigenvalue weighted by atomic mass is 10.0. The van der Waals surface area contributed by atoms with Gasteiger partial charge in [0.15, 0.2) is 0 Å². The minimum absolute atomic E-state index is 0.170. The number of fused-ring (bicyclic) bond motifs is 1. The predicted molar refractivity (Wildman–Crippen MR) is 112 cm³/mol. The summed E-state index contributed by atoms with van der Waals surface area (Å²) in [5.74, 6) is -0.0271. The third-order valence-electron chi connectivity index (χ3n) is 5.19. The van der Waals surface area contributed by atoms with Crippen LogP contribution in [0.25, 0.3) is 0 Å². The molecule has 3 rings (SSSR count). The van der Waals surface area contributed by atoms with Gasteiger partial charge in [0.25, 0.3) is 0 Å². The van der Waals surface area contributed by atoms with Crippen LogP contribution in [0.5, 0.6) is 0 Å². The number of para-hydroxylation sites is 1. The maximum absolute atomic E-state index is 12.7. The third kappa shape index (κ3) is 5.51. The van der Waals surface area contributed by atoms with E-state index in [1.54, 1.807) is 24.5 Å². The highest BCUT2D eigenvalue weighted by molar-refractivity contribution is 5.96. The van der Waals surface area contributed by atoms with Crippen molar-refractivity contribution >= 4 is 17.4 Å². The largest absolute Gasteiger partial charge is 0.309 e. The van der Waals surface area contributed by atoms with Crippen molar-refractivity contribution in [2.24, 2.45) is 0 Å². The van der Waals surface area contributed by atoms with Crippen molar-refractivity contribution in [3.63, 3.8) is 0 Å². The first-order valence-corrected chi connectivity index (χ1v) is 10.2. The standard InChI is InChI=1S/C24H30N2O2/c1-19-17-21-10-6-7-12-23(21)26(19)24(28)13-5-3-2-4-11-22(27)15-14-20-9-8-16-25-18-20/h6-10,12,16,18-19H,2-5,11,13-15,17H2,1H3/i14D,15D. The van der Waals surface area contributed by atoms with E-state index in [-0.39, 0.29) is 17.7 Å². The molecule has 1 aromatic heterocycles. The number of pyridine rings is 1. The number of rotatable bonds is 10. The monoisotopic (exact) mass is 380 g/mol. The van der Waals surface area contributed by atoms with E-state index >= 15 is 0 Å². The maximum Gasteiger partial charge on any atom is 0.227 e. The number of Topliss-reactive ketones (excluding diaryl/α,β-unsaturated/α-hetero) is 1. The Bertz CT molecular complexity index is 859. The molecule has 0 saturated heterocycles. The minimum Gasteiger partial charge on any atom is -0.309 e. The van der Waals surface area contributed by atoms with Crippen LogP contribution in [0.1, 0.15) is 65.7 Å². The second-order valence-corrected chi connectivity index (χ2v) is 7.45. The van der Waals surface area contributed by atoms with Gasteiger partial charge in [-0.1, -0.05) is 37.1 Å². The topological polar surface area (TPSA) is 50.3 Å². The molecule has 28 heavy (non-hydrogen) atoms. The average molecular weight is 381 g/mol. The Hall–Kier alpha value is -2.49. The highest BCUT2D eigenvalue weighted by Crippen LogP contribution is 2.32. The SMILES string of the molecule is [2H]C(C(=O)CCCCCCC(=O)N1c2ccccc2CC1C)C([2H])c1cccnc1. The second-order valence-electron chi connectivity index (χ2n) is 7.45. The van der Waals surface area contributed by atoms with Gasteiger partial charge in [-0.2, -0.15) is 0 Å². The van der Waals surface area contributed by atoms with Crippen molar-refractivity contribution in [1.82, 2.24) is 4.98 Å². The molecular weight excluding hydrogens is 348 g/mol. The number of carbonyl (C=O) groups excluding carboxylic acids is 2. The van der Waals surface area contributed by atoms with Crippen molar-refractivity contribution in [3.05, 3.63) is 59.9 Å². The van der Waals surface area contributed by atoms with E-state index in [9.17, 15) is 9.59 Å². The Morgan fingerprint density at radius 3 is 2.68 bits per heavy atom. The first kappa shape index (κ1) is 17.6. The molecule has 0 radical (unpaired) electrons. The molecule has 1 aliphatic rings. The van der Waals surface area contributed by atoms with E-state index < -0.39 is 12.8 Å². The highest BCUT2D eigenvalue weighted by Gasteiger charge is 2.29. The van der Waals surface area contributed by atoms with Crippen LogP contribution < -0.4 is 4.90 Å². The maximum atomic E-state index is 12.7. The van der Waals surface area contributed by atoms with E-state index in [1.165, 1.54) is 5.56 Å². The van der Waals surface area contributed by atoms with Crippen molar-refractivity contribution in [3.8, 4) is 0 Å². The molecule has 1 amide bonds. The lowest BCUT2D eigenvalue weighted by Crippen LogP contribution is -2.35. The van der Waals surface area contributed by atoms with Gasteiger partial charge in [0, 0.05) is 46.1 Å². The minimum atomic E-state index is -1.08. The number of carbonyl (C=O) groups is 2. The first-order chi connectivity index (χ1) is 14.5. The lowest BCUT2D eigenvalue weighted by Gasteiger charge is -2.22. The van der Waals surface area contributed by atoms with Crippen molar-refractivity contribution < 1.29 is 12.3 Å². The fourth-order valence-electron chi connectivity index (χ4n) is 3.74. The quantitative estimate of drug-likeness (QED) is 0.551. The number of anilines is 1. The van der Waals surface area contributed by atoms with Crippen LogP contribution in [0.15, 0.2) is 48.8 Å². The summed E-state index contributed by atoms with van der Waals surface area (Å²) in [6, 6.07) is 11.8. The average Bonchev–Trinajstić information content (AvgIpc) is 3.11. The summed E-state index contributed by atoms with van der Waals surface area (Å²) in [6.07, 6.45) is 6.18. The summed E-state index contributed by atoms with van der Waals surface area (Å²) in [4.78, 5) is 30.8. The summed E-state index contributed by atoms with van der Waals surface area (Å²) >= 11 is 0. The van der Waals surface area contributed by atoms with Gasteiger partial charge in [0.2, 0.25) is 5.91 Å². The number of aromatic nitrogens is 1. The van der Waals surface area contributed by atoms with Crippen LogP contribution in [0.3, 0.4) is 0 Å². The number of unbranched alkanes of at least 4 members (excludes halogenated alkanes) is 3. The molecule has 0 spiro atoms. The number of hydrogen-bond donors (Lipinski definition) is 0. The van der Waals surface area contributed by atoms with Gasteiger partial charge in [-0.25, -0.2) is 0 Å². The first-order valence-electron chi connectivity index (χ1n) is 11.3. The fraction of sp³-hybridized carbons (Fsp3) is 0.458. The van der Waals surface area contributed by atoms with E-state index in [1.807, 2.05) is 23.1 Å². The molecule has 0 fully saturated rings. The zero-order valence-electron chi connectivity index (χ0n) is 18.5. The van der Waals surface area contributed by atoms with Crippen molar-refractivity contribution in [2.75, 3.05) is 4.90 Å². The number of benzene rings is 1. The molecule has 3 atom stereocenters. The molecular formula is C24H30N2O2. The van der Waals surface area contributed by atoms with Crippen LogP contribution in [-0.4, -0.2) is 22.7 Å². The normalized spacial score (nSPS) is 18.8. The van der Waals surface area contributed by atoms with Crippen molar-refractivity contribution in [2.45, 2.75) is 70.7 Å². The predicted octanol–water partition coefficient (Wildman–Crippen LogP) is 4.90. The second kappa shape index (κ2) is 10.2. The van der Waals surface area contributed by atoms with Crippen molar-refractivity contribution in [1.29, 1.82) is 0 Å². The Balaban J connectivity index is 1.35. The van der Waals surface area contributed by atoms with Crippen LogP contribution in [0, 0.1) is 0 Å². The Kier molecular flexibility index (Phi) is 6.39. The van der Waals surface area contributed by atoms with E-state index in [0.29, 0.717) is 24.8 Å². The number of ketones is 1. The molecule has 1 aromatic carbocycles. The lowest BCUT2D eigenvalue weighted by molar-refractivity contribution is -0.120. The zero-order valence-corrected chi connectivity index (χ0v) is 16.5. The van der Waals surface area contributed by atoms with Gasteiger partial charge in [-0.15, -0.1) is 0 Å². The Morgan fingerprint density at radius 2 is 1.89 bits per heavy atom. The van der Waals surface area contributed by atoms with Crippen LogP contribution in [0.4, 0.5) is 5.69 Å². The molecule has 2 heterocycles. The summed E-state index contributed by atoms with van der Waals surface area (Å²) in [5.41, 5.74) is 2.88. The molecule has 0 bridgehead atoms. The molecule has 0 saturated carbocycles. The molecule has 0 aliphatic carbocycles. The summed E-state index contributed by atoms with van der Waals surface area (Å²) in [7, 11) is 0. The van der Waals surface area contributed by atoms with Gasteiger partial charge in [0.05, 0.1) is 0 Å². The fourth-order valence-corrected chi connectivity index (χ4v) is 3.74. The molecule has 148 valence electrons. The van der Waals surface area contributed by atoms with Gasteiger partial charge >= 0.3 is 0 Å². The smallest absolute Gasteiger partial charge is 0.227 e. The van der Waals surface area contributed by atoms with Gasteiger partial charge in [-0.05, 0) is 55.8 Å². The zero-order chi connectivity index (χ0) is 21.5. The summed E-state index contributed by atoms with van der Waals surface area (Å²) in [6.45, 7) is 2.09. The number of aryl methyl sites for hydroxylation is 1. The molecule has 0 N–H and O–H groups in total. The Labute approximate surface area is 170 Å². The highest BCUT2D eigenvalue weighted by atomic mass is 16.2. The van der Waals surface area contributed by atoms with E-state index in [0.717, 1.165) is 31.4 Å². The van der Waals surface area contributed by atoms with Gasteiger partial charge in [0.1, 0.15) is 5.78 Å². The van der Waals surface area contributed by atoms with Crippen LogP contribution >= 0.6 is 0 Å². The number of nitrogens with zero attached hydrogens (tertiary/aromatic N) is 2. The molecule has 4 nitrogen and oxygen atoms in total. The van der Waals surface area contributed by atoms with Gasteiger partial charge in [-0.3, -0.25) is 14.6 Å².